The van der Waals surface area contributed by atoms with Crippen LogP contribution in [0.4, 0.5) is 0 Å². The van der Waals surface area contributed by atoms with Crippen molar-refractivity contribution in [3.63, 3.8) is 0 Å². The van der Waals surface area contributed by atoms with E-state index in [2.05, 4.69) is 10.4 Å². The molecule has 1 aromatic carbocycles. The Morgan fingerprint density at radius 3 is 2.81 bits per heavy atom. The highest BCUT2D eigenvalue weighted by Crippen LogP contribution is 2.32. The van der Waals surface area contributed by atoms with E-state index in [4.69, 9.17) is 9.47 Å². The third-order valence-electron chi connectivity index (χ3n) is 2.62. The Bertz CT molecular complexity index is 420. The summed E-state index contributed by atoms with van der Waals surface area (Å²) in [6.45, 7) is 2.06. The van der Waals surface area contributed by atoms with Crippen LogP contribution >= 0.6 is 0 Å². The Kier molecular flexibility index (Phi) is 2.98. The van der Waals surface area contributed by atoms with E-state index in [1.165, 1.54) is 0 Å². The van der Waals surface area contributed by atoms with Crippen LogP contribution in [0, 0.1) is 0 Å². The van der Waals surface area contributed by atoms with Gasteiger partial charge in [0.25, 0.3) is 0 Å². The second-order valence-electron chi connectivity index (χ2n) is 3.72. The van der Waals surface area contributed by atoms with Gasteiger partial charge in [-0.15, -0.1) is 0 Å². The van der Waals surface area contributed by atoms with Crippen LogP contribution in [-0.2, 0) is 0 Å². The number of nitrogens with zero attached hydrogens (tertiary/aromatic N) is 1. The molecule has 1 heterocycles. The van der Waals surface area contributed by atoms with Gasteiger partial charge in [0.2, 0.25) is 6.79 Å². The molecule has 1 aromatic rings. The van der Waals surface area contributed by atoms with E-state index in [1.54, 1.807) is 29.8 Å². The topological polar surface area (TPSA) is 38.8 Å². The quantitative estimate of drug-likeness (QED) is 0.578. The summed E-state index contributed by atoms with van der Waals surface area (Å²) in [6.07, 6.45) is 0. The van der Waals surface area contributed by atoms with Crippen molar-refractivity contribution in [1.82, 2.24) is 4.57 Å². The number of benzene rings is 1. The highest BCUT2D eigenvalue weighted by molar-refractivity contribution is 6.09. The molecule has 3 radical (unpaired) electrons. The van der Waals surface area contributed by atoms with Gasteiger partial charge in [-0.05, 0) is 32.2 Å². The van der Waals surface area contributed by atoms with Crippen molar-refractivity contribution in [1.29, 1.82) is 0 Å². The summed E-state index contributed by atoms with van der Waals surface area (Å²) in [6, 6.07) is 5.01. The molecule has 0 saturated carbocycles. The Morgan fingerprint density at radius 2 is 2.12 bits per heavy atom. The molecule has 2 rings (SSSR count). The van der Waals surface area contributed by atoms with Crippen LogP contribution < -0.4 is 9.47 Å². The molecular formula is C11H12NO3Si. The standard InChI is InChI=1S/C11H12NO3Si/c1-7(12(2)16)11(13)8-3-4-9-10(5-8)15-6-14-9/h3-5,7H,6H2,1-2H3/t7-/m0/s1. The van der Waals surface area contributed by atoms with Crippen LogP contribution in [0.3, 0.4) is 0 Å². The molecule has 16 heavy (non-hydrogen) atoms. The summed E-state index contributed by atoms with van der Waals surface area (Å²) in [4.78, 5) is 12.0. The van der Waals surface area contributed by atoms with Crippen molar-refractivity contribution in [3.8, 4) is 11.5 Å². The van der Waals surface area contributed by atoms with Crippen LogP contribution in [-0.4, -0.2) is 40.6 Å². The minimum Gasteiger partial charge on any atom is -0.454 e. The molecule has 1 atom stereocenters. The molecule has 83 valence electrons. The van der Waals surface area contributed by atoms with Crippen LogP contribution in [0.15, 0.2) is 18.2 Å². The number of ether oxygens (including phenoxy) is 2. The fourth-order valence-corrected chi connectivity index (χ4v) is 1.58. The minimum atomic E-state index is -0.225. The molecule has 1 aliphatic heterocycles. The SMILES string of the molecule is C[C@@H](C(=O)c1ccc2c(c1)OCO2)N(C)[Si]. The molecule has 1 aliphatic rings. The summed E-state index contributed by atoms with van der Waals surface area (Å²) >= 11 is 0. The third kappa shape index (κ3) is 1.96. The number of Topliss-reactive ketones (excluding diaryl/α,β-unsaturated/α-hetero) is 1. The number of fused-ring (bicyclic) bond motifs is 1. The fraction of sp³-hybridized carbons (Fsp3) is 0.364. The van der Waals surface area contributed by atoms with Crippen molar-refractivity contribution in [2.24, 2.45) is 0 Å². The van der Waals surface area contributed by atoms with Crippen molar-refractivity contribution in [2.75, 3.05) is 13.8 Å². The largest absolute Gasteiger partial charge is 0.454 e. The molecular weight excluding hydrogens is 222 g/mol. The molecule has 4 nitrogen and oxygen atoms in total. The highest BCUT2D eigenvalue weighted by atomic mass is 28.2. The molecule has 0 amide bonds. The van der Waals surface area contributed by atoms with E-state index in [1.807, 2.05) is 6.92 Å². The lowest BCUT2D eigenvalue weighted by molar-refractivity contribution is 0.0920. The smallest absolute Gasteiger partial charge is 0.231 e. The van der Waals surface area contributed by atoms with E-state index in [-0.39, 0.29) is 18.6 Å². The van der Waals surface area contributed by atoms with Crippen molar-refractivity contribution >= 4 is 16.2 Å². The average Bonchev–Trinajstić information content (AvgIpc) is 2.73. The molecule has 0 unspecified atom stereocenters. The van der Waals surface area contributed by atoms with Gasteiger partial charge in [0, 0.05) is 5.56 Å². The van der Waals surface area contributed by atoms with Crippen molar-refractivity contribution < 1.29 is 14.3 Å². The van der Waals surface area contributed by atoms with Gasteiger partial charge in [0.1, 0.15) is 10.4 Å². The lowest BCUT2D eigenvalue weighted by Gasteiger charge is -2.18. The van der Waals surface area contributed by atoms with E-state index < -0.39 is 0 Å². The molecule has 5 heteroatoms. The van der Waals surface area contributed by atoms with Gasteiger partial charge in [0.15, 0.2) is 17.3 Å². The monoisotopic (exact) mass is 234 g/mol. The average molecular weight is 234 g/mol. The summed E-state index contributed by atoms with van der Waals surface area (Å²) in [5.74, 6) is 1.36. The number of hydrogen-bond donors (Lipinski definition) is 0. The summed E-state index contributed by atoms with van der Waals surface area (Å²) in [5.41, 5.74) is 0.627. The Hall–Kier alpha value is -1.33. The summed E-state index contributed by atoms with van der Waals surface area (Å²) < 4.78 is 12.1. The molecule has 0 aromatic heterocycles. The zero-order chi connectivity index (χ0) is 11.7. The zero-order valence-corrected chi connectivity index (χ0v) is 10.2. The minimum absolute atomic E-state index is 0.0378. The molecule has 0 saturated heterocycles. The molecule has 0 fully saturated rings. The first-order valence-corrected chi connectivity index (χ1v) is 5.42. The van der Waals surface area contributed by atoms with Gasteiger partial charge in [-0.3, -0.25) is 4.79 Å². The van der Waals surface area contributed by atoms with Crippen LogP contribution in [0.5, 0.6) is 11.5 Å². The Labute approximate surface area is 97.6 Å². The van der Waals surface area contributed by atoms with E-state index in [0.29, 0.717) is 17.1 Å². The van der Waals surface area contributed by atoms with Gasteiger partial charge < -0.3 is 14.0 Å². The van der Waals surface area contributed by atoms with Gasteiger partial charge >= 0.3 is 0 Å². The van der Waals surface area contributed by atoms with Gasteiger partial charge in [-0.2, -0.15) is 0 Å². The molecule has 0 bridgehead atoms. The van der Waals surface area contributed by atoms with Crippen molar-refractivity contribution in [2.45, 2.75) is 13.0 Å². The number of carbonyl (C=O) groups is 1. The van der Waals surface area contributed by atoms with Crippen LogP contribution in [0.1, 0.15) is 17.3 Å². The lowest BCUT2D eigenvalue weighted by atomic mass is 10.1. The zero-order valence-electron chi connectivity index (χ0n) is 9.19. The Balaban J connectivity index is 2.25. The first kappa shape index (κ1) is 11.2. The van der Waals surface area contributed by atoms with Gasteiger partial charge in [0.05, 0.1) is 6.04 Å². The molecule has 0 spiro atoms. The fourth-order valence-electron chi connectivity index (χ4n) is 1.47. The predicted octanol–water partition coefficient (Wildman–Crippen LogP) is 1.00. The first-order valence-electron chi connectivity index (χ1n) is 4.97. The van der Waals surface area contributed by atoms with Crippen molar-refractivity contribution in [3.05, 3.63) is 23.8 Å². The Morgan fingerprint density at radius 1 is 1.44 bits per heavy atom. The van der Waals surface area contributed by atoms with Gasteiger partial charge in [-0.1, -0.05) is 0 Å². The second kappa shape index (κ2) is 4.27. The maximum atomic E-state index is 12.0. The molecule has 0 N–H and O–H groups in total. The first-order chi connectivity index (χ1) is 7.59. The van der Waals surface area contributed by atoms with E-state index >= 15 is 0 Å². The maximum Gasteiger partial charge on any atom is 0.231 e. The number of hydrogen-bond acceptors (Lipinski definition) is 4. The normalized spacial score (nSPS) is 15.2. The van der Waals surface area contributed by atoms with E-state index in [0.717, 1.165) is 0 Å². The lowest BCUT2D eigenvalue weighted by Crippen LogP contribution is -2.33. The van der Waals surface area contributed by atoms with Crippen LogP contribution in [0.25, 0.3) is 0 Å². The summed E-state index contributed by atoms with van der Waals surface area (Å²) in [7, 11) is 5.11. The van der Waals surface area contributed by atoms with Gasteiger partial charge in [-0.25, -0.2) is 0 Å². The third-order valence-corrected chi connectivity index (χ3v) is 3.00. The second-order valence-corrected chi connectivity index (χ2v) is 4.42. The van der Waals surface area contributed by atoms with E-state index in [9.17, 15) is 4.79 Å². The predicted molar refractivity (Wildman–Crippen MR) is 59.9 cm³/mol. The number of rotatable bonds is 3. The van der Waals surface area contributed by atoms with Crippen LogP contribution in [0.2, 0.25) is 0 Å². The highest BCUT2D eigenvalue weighted by Gasteiger charge is 2.20. The molecule has 0 aliphatic carbocycles. The maximum absolute atomic E-state index is 12.0. The summed E-state index contributed by atoms with van der Waals surface area (Å²) in [5, 5.41) is 0. The number of likely N-dealkylation sites (N-methyl/N-ethyl adjacent to an activating group) is 1. The number of carbonyl (C=O) groups excluding carboxylic acids is 1. The number of ketones is 1.